The molecule has 0 unspecified atom stereocenters. The molecule has 1 aliphatic heterocycles. The van der Waals surface area contributed by atoms with Crippen LogP contribution in [-0.2, 0) is 4.79 Å². The molecule has 5 heteroatoms. The van der Waals surface area contributed by atoms with Crippen LogP contribution in [0.25, 0.3) is 0 Å². The molecule has 1 saturated heterocycles. The number of hydrogen-bond acceptors (Lipinski definition) is 2. The van der Waals surface area contributed by atoms with Gasteiger partial charge in [0, 0.05) is 43.7 Å². The highest BCUT2D eigenvalue weighted by Crippen LogP contribution is 2.36. The highest BCUT2D eigenvalue weighted by Gasteiger charge is 2.41. The van der Waals surface area contributed by atoms with Crippen LogP contribution in [0.5, 0.6) is 0 Å². The van der Waals surface area contributed by atoms with E-state index in [1.807, 2.05) is 0 Å². The van der Waals surface area contributed by atoms with Gasteiger partial charge in [-0.3, -0.25) is 9.69 Å². The summed E-state index contributed by atoms with van der Waals surface area (Å²) in [6, 6.07) is 0. The summed E-state index contributed by atoms with van der Waals surface area (Å²) < 4.78 is 25.4. The zero-order valence-corrected chi connectivity index (χ0v) is 11.2. The first-order valence-electron chi connectivity index (χ1n) is 6.33. The van der Waals surface area contributed by atoms with Gasteiger partial charge in [-0.25, -0.2) is 8.78 Å². The predicted molar refractivity (Wildman–Crippen MR) is 65.6 cm³/mol. The van der Waals surface area contributed by atoms with Gasteiger partial charge in [0.05, 0.1) is 0 Å². The molecule has 0 atom stereocenters. The van der Waals surface area contributed by atoms with Gasteiger partial charge >= 0.3 is 0 Å². The molecule has 0 aromatic carbocycles. The molecular formula is C13H20F2N2O. The highest BCUT2D eigenvalue weighted by atomic mass is 19.3. The van der Waals surface area contributed by atoms with E-state index in [4.69, 9.17) is 0 Å². The minimum Gasteiger partial charge on any atom is -0.336 e. The molecule has 0 aromatic heterocycles. The molecule has 102 valence electrons. The molecule has 1 heterocycles. The Bertz CT molecular complexity index is 377. The quantitative estimate of drug-likeness (QED) is 0.717. The van der Waals surface area contributed by atoms with Gasteiger partial charge in [0.15, 0.2) is 0 Å². The van der Waals surface area contributed by atoms with Crippen molar-refractivity contribution in [2.24, 2.45) is 0 Å². The van der Waals surface area contributed by atoms with Gasteiger partial charge < -0.3 is 4.90 Å². The van der Waals surface area contributed by atoms with Crippen molar-refractivity contribution in [3.63, 3.8) is 0 Å². The van der Waals surface area contributed by atoms with E-state index in [2.05, 4.69) is 25.7 Å². The number of carbonyl (C=O) groups is 1. The smallest absolute Gasteiger partial charge is 0.271 e. The van der Waals surface area contributed by atoms with E-state index in [1.54, 1.807) is 4.90 Å². The molecule has 0 bridgehead atoms. The number of halogens is 2. The number of amides is 1. The first-order valence-corrected chi connectivity index (χ1v) is 6.33. The van der Waals surface area contributed by atoms with Crippen LogP contribution in [0.4, 0.5) is 8.78 Å². The van der Waals surface area contributed by atoms with E-state index in [1.165, 1.54) is 0 Å². The molecule has 18 heavy (non-hydrogen) atoms. The maximum Gasteiger partial charge on any atom is 0.271 e. The first kappa shape index (κ1) is 13.5. The van der Waals surface area contributed by atoms with Gasteiger partial charge in [0.25, 0.3) is 5.92 Å². The average Bonchev–Trinajstić information content (AvgIpc) is 2.24. The summed E-state index contributed by atoms with van der Waals surface area (Å²) in [4.78, 5) is 15.9. The van der Waals surface area contributed by atoms with Crippen molar-refractivity contribution in [2.45, 2.75) is 38.7 Å². The van der Waals surface area contributed by atoms with Gasteiger partial charge in [-0.2, -0.15) is 0 Å². The number of piperazine rings is 1. The Morgan fingerprint density at radius 2 is 1.72 bits per heavy atom. The molecule has 3 nitrogen and oxygen atoms in total. The molecule has 0 saturated carbocycles. The lowest BCUT2D eigenvalue weighted by atomic mass is 9.93. The van der Waals surface area contributed by atoms with Crippen molar-refractivity contribution in [3.05, 3.63) is 11.6 Å². The third-order valence-corrected chi connectivity index (χ3v) is 3.60. The van der Waals surface area contributed by atoms with E-state index in [0.29, 0.717) is 13.1 Å². The van der Waals surface area contributed by atoms with E-state index >= 15 is 0 Å². The van der Waals surface area contributed by atoms with Crippen LogP contribution < -0.4 is 0 Å². The third-order valence-electron chi connectivity index (χ3n) is 3.60. The first-order chi connectivity index (χ1) is 8.19. The van der Waals surface area contributed by atoms with Crippen molar-refractivity contribution >= 4 is 5.91 Å². The Morgan fingerprint density at radius 1 is 1.22 bits per heavy atom. The van der Waals surface area contributed by atoms with Crippen molar-refractivity contribution in [3.8, 4) is 0 Å². The number of rotatable bonds is 1. The Kier molecular flexibility index (Phi) is 3.21. The average molecular weight is 258 g/mol. The Hall–Kier alpha value is -0.970. The lowest BCUT2D eigenvalue weighted by Gasteiger charge is -2.43. The number of allylic oxidation sites excluding steroid dienone is 1. The normalized spacial score (nSPS) is 24.5. The lowest BCUT2D eigenvalue weighted by Crippen LogP contribution is -2.55. The molecule has 2 rings (SSSR count). The Morgan fingerprint density at radius 3 is 2.11 bits per heavy atom. The molecule has 0 spiro atoms. The van der Waals surface area contributed by atoms with Crippen LogP contribution in [0.1, 0.15) is 27.2 Å². The van der Waals surface area contributed by atoms with Crippen LogP contribution in [0.3, 0.4) is 0 Å². The second-order valence-electron chi connectivity index (χ2n) is 6.06. The minimum atomic E-state index is -2.77. The third kappa shape index (κ3) is 2.71. The zero-order valence-electron chi connectivity index (χ0n) is 11.2. The van der Waals surface area contributed by atoms with Crippen molar-refractivity contribution in [2.75, 3.05) is 26.2 Å². The molecule has 1 aliphatic carbocycles. The fraction of sp³-hybridized carbons (Fsp3) is 0.769. The van der Waals surface area contributed by atoms with E-state index in [0.717, 1.165) is 19.2 Å². The molecular weight excluding hydrogens is 238 g/mol. The van der Waals surface area contributed by atoms with Crippen molar-refractivity contribution < 1.29 is 13.6 Å². The zero-order chi connectivity index (χ0) is 13.6. The van der Waals surface area contributed by atoms with E-state index in [9.17, 15) is 13.6 Å². The summed E-state index contributed by atoms with van der Waals surface area (Å²) in [7, 11) is 0. The maximum atomic E-state index is 12.7. The number of nitrogens with zero attached hydrogens (tertiary/aromatic N) is 2. The Labute approximate surface area is 106 Å². The molecule has 1 amide bonds. The second kappa shape index (κ2) is 4.30. The lowest BCUT2D eigenvalue weighted by molar-refractivity contribution is -0.131. The minimum absolute atomic E-state index is 0.0951. The van der Waals surface area contributed by atoms with Crippen LogP contribution >= 0.6 is 0 Å². The van der Waals surface area contributed by atoms with Crippen LogP contribution in [0.2, 0.25) is 0 Å². The molecule has 2 aliphatic rings. The van der Waals surface area contributed by atoms with Gasteiger partial charge in [-0.15, -0.1) is 0 Å². The summed E-state index contributed by atoms with van der Waals surface area (Å²) in [6.45, 7) is 9.27. The summed E-state index contributed by atoms with van der Waals surface area (Å²) in [5.41, 5.74) is 0.363. The summed E-state index contributed by atoms with van der Waals surface area (Å²) in [5.74, 6) is -2.98. The molecule has 0 N–H and O–H groups in total. The van der Waals surface area contributed by atoms with Gasteiger partial charge in [-0.05, 0) is 26.8 Å². The molecule has 0 aromatic rings. The van der Waals surface area contributed by atoms with Crippen LogP contribution in [0.15, 0.2) is 11.6 Å². The number of alkyl halides is 2. The van der Waals surface area contributed by atoms with Crippen molar-refractivity contribution in [1.29, 1.82) is 0 Å². The predicted octanol–water partition coefficient (Wildman–Crippen LogP) is 1.89. The summed E-state index contributed by atoms with van der Waals surface area (Å²) >= 11 is 0. The molecule has 0 radical (unpaired) electrons. The summed E-state index contributed by atoms with van der Waals surface area (Å²) in [6.07, 6.45) is 0.400. The number of hydrogen-bond donors (Lipinski definition) is 0. The summed E-state index contributed by atoms with van der Waals surface area (Å²) in [5, 5.41) is 0. The standard InChI is InChI=1S/C13H20F2N2O/c1-12(2,3)17-6-4-16(5-7-17)11(18)10-8-13(14,15)9-10/h8H,4-7,9H2,1-3H3. The molecule has 1 fully saturated rings. The Balaban J connectivity index is 1.89. The van der Waals surface area contributed by atoms with Gasteiger partial charge in [0.1, 0.15) is 0 Å². The van der Waals surface area contributed by atoms with Gasteiger partial charge in [0.2, 0.25) is 5.91 Å². The topological polar surface area (TPSA) is 23.6 Å². The van der Waals surface area contributed by atoms with E-state index < -0.39 is 12.3 Å². The van der Waals surface area contributed by atoms with Crippen LogP contribution in [0, 0.1) is 0 Å². The SMILES string of the molecule is CC(C)(C)N1CCN(C(=O)C2=CC(F)(F)C2)CC1. The van der Waals surface area contributed by atoms with Crippen molar-refractivity contribution in [1.82, 2.24) is 9.80 Å². The highest BCUT2D eigenvalue weighted by molar-refractivity contribution is 5.95. The largest absolute Gasteiger partial charge is 0.336 e. The second-order valence-corrected chi connectivity index (χ2v) is 6.06. The monoisotopic (exact) mass is 258 g/mol. The fourth-order valence-electron chi connectivity index (χ4n) is 2.40. The van der Waals surface area contributed by atoms with E-state index in [-0.39, 0.29) is 17.0 Å². The number of carbonyl (C=O) groups excluding carboxylic acids is 1. The maximum absolute atomic E-state index is 12.7. The van der Waals surface area contributed by atoms with Crippen LogP contribution in [-0.4, -0.2) is 53.3 Å². The van der Waals surface area contributed by atoms with Gasteiger partial charge in [-0.1, -0.05) is 0 Å². The fourth-order valence-corrected chi connectivity index (χ4v) is 2.40.